The number of tetrazole rings is 1. The highest BCUT2D eigenvalue weighted by Gasteiger charge is 2.11. The van der Waals surface area contributed by atoms with Crippen molar-refractivity contribution in [2.24, 2.45) is 0 Å². The molecule has 0 atom stereocenters. The van der Waals surface area contributed by atoms with Crippen LogP contribution in [-0.4, -0.2) is 20.2 Å². The van der Waals surface area contributed by atoms with Gasteiger partial charge in [0.1, 0.15) is 0 Å². The van der Waals surface area contributed by atoms with Crippen molar-refractivity contribution in [1.29, 1.82) is 0 Å². The fourth-order valence-corrected chi connectivity index (χ4v) is 3.04. The Bertz CT molecular complexity index is 778. The molecule has 3 aromatic rings. The van der Waals surface area contributed by atoms with Gasteiger partial charge in [-0.1, -0.05) is 53.7 Å². The molecular formula is C17H18N4S. The fourth-order valence-electron chi connectivity index (χ4n) is 2.20. The van der Waals surface area contributed by atoms with Gasteiger partial charge in [-0.3, -0.25) is 0 Å². The van der Waals surface area contributed by atoms with E-state index in [0.717, 1.165) is 22.2 Å². The first-order valence-corrected chi connectivity index (χ1v) is 8.16. The third-order valence-electron chi connectivity index (χ3n) is 3.52. The lowest BCUT2D eigenvalue weighted by Crippen LogP contribution is -2.02. The van der Waals surface area contributed by atoms with Crippen LogP contribution in [0.1, 0.15) is 22.3 Å². The standard InChI is InChI=1S/C17H18N4S/c1-12-5-8-15(9-6-12)11-22-17-18-19-20-21(17)16-10-13(2)4-7-14(16)3/h4-10H,11H2,1-3H3. The van der Waals surface area contributed by atoms with Crippen LogP contribution in [0.4, 0.5) is 0 Å². The van der Waals surface area contributed by atoms with E-state index in [1.54, 1.807) is 11.8 Å². The van der Waals surface area contributed by atoms with Crippen LogP contribution in [0.15, 0.2) is 47.6 Å². The second-order valence-corrected chi connectivity index (χ2v) is 6.38. The van der Waals surface area contributed by atoms with Crippen molar-refractivity contribution in [3.8, 4) is 5.69 Å². The molecule has 0 radical (unpaired) electrons. The van der Waals surface area contributed by atoms with Gasteiger partial charge in [0.2, 0.25) is 5.16 Å². The molecule has 0 N–H and O–H groups in total. The van der Waals surface area contributed by atoms with Crippen molar-refractivity contribution in [3.63, 3.8) is 0 Å². The van der Waals surface area contributed by atoms with Crippen LogP contribution in [0.25, 0.3) is 5.69 Å². The van der Waals surface area contributed by atoms with Crippen molar-refractivity contribution in [3.05, 3.63) is 64.7 Å². The van der Waals surface area contributed by atoms with Crippen LogP contribution >= 0.6 is 11.8 Å². The number of aromatic nitrogens is 4. The largest absolute Gasteiger partial charge is 0.214 e. The molecule has 0 spiro atoms. The lowest BCUT2D eigenvalue weighted by atomic mass is 10.1. The number of benzene rings is 2. The first-order chi connectivity index (χ1) is 10.6. The fraction of sp³-hybridized carbons (Fsp3) is 0.235. The summed E-state index contributed by atoms with van der Waals surface area (Å²) < 4.78 is 1.82. The van der Waals surface area contributed by atoms with Crippen molar-refractivity contribution in [2.75, 3.05) is 0 Å². The number of aryl methyl sites for hydroxylation is 3. The van der Waals surface area contributed by atoms with Crippen molar-refractivity contribution >= 4 is 11.8 Å². The lowest BCUT2D eigenvalue weighted by Gasteiger charge is -2.08. The van der Waals surface area contributed by atoms with E-state index in [0.29, 0.717) is 0 Å². The molecule has 112 valence electrons. The zero-order chi connectivity index (χ0) is 15.5. The molecular weight excluding hydrogens is 292 g/mol. The van der Waals surface area contributed by atoms with Gasteiger partial charge in [0.05, 0.1) is 5.69 Å². The molecule has 0 saturated carbocycles. The van der Waals surface area contributed by atoms with E-state index >= 15 is 0 Å². The molecule has 0 aliphatic carbocycles. The molecule has 0 aliphatic rings. The van der Waals surface area contributed by atoms with Crippen molar-refractivity contribution < 1.29 is 0 Å². The molecule has 3 rings (SSSR count). The van der Waals surface area contributed by atoms with E-state index in [1.165, 1.54) is 16.7 Å². The molecule has 0 unspecified atom stereocenters. The Morgan fingerprint density at radius 3 is 2.45 bits per heavy atom. The minimum atomic E-state index is 0.814. The number of thioether (sulfide) groups is 1. The molecule has 4 nitrogen and oxygen atoms in total. The van der Waals surface area contributed by atoms with Crippen LogP contribution in [-0.2, 0) is 5.75 Å². The molecule has 0 saturated heterocycles. The Labute approximate surface area is 134 Å². The predicted octanol–water partition coefficient (Wildman–Crippen LogP) is 3.88. The molecule has 1 heterocycles. The zero-order valence-corrected chi connectivity index (χ0v) is 13.8. The van der Waals surface area contributed by atoms with Gasteiger partial charge in [-0.15, -0.1) is 5.10 Å². The van der Waals surface area contributed by atoms with Gasteiger partial charge in [-0.25, -0.2) is 0 Å². The summed E-state index contributed by atoms with van der Waals surface area (Å²) in [7, 11) is 0. The van der Waals surface area contributed by atoms with Gasteiger partial charge in [0, 0.05) is 5.75 Å². The zero-order valence-electron chi connectivity index (χ0n) is 12.9. The number of nitrogens with zero attached hydrogens (tertiary/aromatic N) is 4. The minimum absolute atomic E-state index is 0.814. The SMILES string of the molecule is Cc1ccc(CSc2nnnn2-c2cc(C)ccc2C)cc1. The topological polar surface area (TPSA) is 43.6 Å². The van der Waals surface area contributed by atoms with Gasteiger partial charge < -0.3 is 0 Å². The highest BCUT2D eigenvalue weighted by molar-refractivity contribution is 7.98. The van der Waals surface area contributed by atoms with E-state index in [2.05, 4.69) is 78.8 Å². The molecule has 0 bridgehead atoms. The minimum Gasteiger partial charge on any atom is -0.187 e. The molecule has 5 heteroatoms. The van der Waals surface area contributed by atoms with Crippen molar-refractivity contribution in [1.82, 2.24) is 20.2 Å². The second-order valence-electron chi connectivity index (χ2n) is 5.44. The molecule has 2 aromatic carbocycles. The third-order valence-corrected chi connectivity index (χ3v) is 4.51. The lowest BCUT2D eigenvalue weighted by molar-refractivity contribution is 0.751. The quantitative estimate of drug-likeness (QED) is 0.686. The molecule has 1 aromatic heterocycles. The van der Waals surface area contributed by atoms with E-state index in [9.17, 15) is 0 Å². The first-order valence-electron chi connectivity index (χ1n) is 7.18. The number of rotatable bonds is 4. The van der Waals surface area contributed by atoms with Crippen LogP contribution in [0, 0.1) is 20.8 Å². The van der Waals surface area contributed by atoms with Crippen LogP contribution in [0.2, 0.25) is 0 Å². The monoisotopic (exact) mass is 310 g/mol. The Kier molecular flexibility index (Phi) is 4.24. The van der Waals surface area contributed by atoms with E-state index in [1.807, 2.05) is 4.68 Å². The number of hydrogen-bond acceptors (Lipinski definition) is 4. The smallest absolute Gasteiger partial charge is 0.187 e. The summed E-state index contributed by atoms with van der Waals surface area (Å²) in [4.78, 5) is 0. The molecule has 0 fully saturated rings. The van der Waals surface area contributed by atoms with Crippen LogP contribution < -0.4 is 0 Å². The summed E-state index contributed by atoms with van der Waals surface area (Å²) in [5.74, 6) is 0.853. The normalized spacial score (nSPS) is 10.9. The van der Waals surface area contributed by atoms with E-state index in [-0.39, 0.29) is 0 Å². The Hall–Kier alpha value is -2.14. The van der Waals surface area contributed by atoms with E-state index in [4.69, 9.17) is 0 Å². The second kappa shape index (κ2) is 6.32. The van der Waals surface area contributed by atoms with Gasteiger partial charge >= 0.3 is 0 Å². The highest BCUT2D eigenvalue weighted by Crippen LogP contribution is 2.24. The maximum atomic E-state index is 4.16. The molecule has 0 amide bonds. The summed E-state index contributed by atoms with van der Waals surface area (Å²) in [6, 6.07) is 14.9. The Balaban J connectivity index is 1.83. The van der Waals surface area contributed by atoms with E-state index < -0.39 is 0 Å². The summed E-state index contributed by atoms with van der Waals surface area (Å²) in [6.07, 6.45) is 0. The molecule has 22 heavy (non-hydrogen) atoms. The summed E-state index contributed by atoms with van der Waals surface area (Å²) in [6.45, 7) is 6.25. The summed E-state index contributed by atoms with van der Waals surface area (Å²) in [5, 5.41) is 13.0. The molecule has 0 aliphatic heterocycles. The maximum absolute atomic E-state index is 4.16. The average Bonchev–Trinajstić information content (AvgIpc) is 2.97. The third kappa shape index (κ3) is 3.20. The Morgan fingerprint density at radius 1 is 0.955 bits per heavy atom. The predicted molar refractivity (Wildman–Crippen MR) is 89.4 cm³/mol. The van der Waals surface area contributed by atoms with Gasteiger partial charge in [0.25, 0.3) is 0 Å². The summed E-state index contributed by atoms with van der Waals surface area (Å²) in [5.41, 5.74) is 5.94. The van der Waals surface area contributed by atoms with Gasteiger partial charge in [0.15, 0.2) is 0 Å². The summed E-state index contributed by atoms with van der Waals surface area (Å²) >= 11 is 1.65. The number of hydrogen-bond donors (Lipinski definition) is 0. The van der Waals surface area contributed by atoms with Gasteiger partial charge in [-0.2, -0.15) is 4.68 Å². The van der Waals surface area contributed by atoms with Gasteiger partial charge in [-0.05, 0) is 54.0 Å². The van der Waals surface area contributed by atoms with Crippen LogP contribution in [0.3, 0.4) is 0 Å². The first kappa shape index (κ1) is 14.8. The highest BCUT2D eigenvalue weighted by atomic mass is 32.2. The maximum Gasteiger partial charge on any atom is 0.214 e. The Morgan fingerprint density at radius 2 is 1.68 bits per heavy atom. The van der Waals surface area contributed by atoms with Crippen LogP contribution in [0.5, 0.6) is 0 Å². The average molecular weight is 310 g/mol. The van der Waals surface area contributed by atoms with Crippen molar-refractivity contribution in [2.45, 2.75) is 31.7 Å².